The van der Waals surface area contributed by atoms with Crippen LogP contribution in [0.2, 0.25) is 0 Å². The fourth-order valence-electron chi connectivity index (χ4n) is 3.56. The predicted octanol–water partition coefficient (Wildman–Crippen LogP) is 1.69. The molecule has 10 nitrogen and oxygen atoms in total. The van der Waals surface area contributed by atoms with Gasteiger partial charge in [-0.05, 0) is 22.9 Å². The number of carbonyl (C=O) groups excluding carboxylic acids is 1. The lowest BCUT2D eigenvalue weighted by Gasteiger charge is -2.35. The van der Waals surface area contributed by atoms with Crippen molar-refractivity contribution in [3.05, 3.63) is 57.4 Å². The van der Waals surface area contributed by atoms with E-state index in [0.717, 1.165) is 22.0 Å². The minimum absolute atomic E-state index is 0.0306. The van der Waals surface area contributed by atoms with E-state index < -0.39 is 10.0 Å². The number of nitrogens with one attached hydrogen (secondary N) is 1. The van der Waals surface area contributed by atoms with Gasteiger partial charge in [-0.25, -0.2) is 18.1 Å². The van der Waals surface area contributed by atoms with Crippen LogP contribution in [0.1, 0.15) is 14.5 Å². The summed E-state index contributed by atoms with van der Waals surface area (Å²) in [6.07, 6.45) is 4.84. The number of aromatic nitrogens is 4. The molecule has 4 aromatic heterocycles. The molecule has 0 bridgehead atoms. The maximum absolute atomic E-state index is 13.2. The predicted molar refractivity (Wildman–Crippen MR) is 122 cm³/mol. The smallest absolute Gasteiger partial charge is 0.265 e. The average molecular weight is 490 g/mol. The fraction of sp³-hybridized carbons (Fsp3) is 0.263. The van der Waals surface area contributed by atoms with E-state index in [0.29, 0.717) is 31.8 Å². The lowest BCUT2D eigenvalue weighted by molar-refractivity contribution is 0.0747. The van der Waals surface area contributed by atoms with Gasteiger partial charge in [0.1, 0.15) is 16.1 Å². The van der Waals surface area contributed by atoms with Crippen LogP contribution in [0.5, 0.6) is 0 Å². The standard InChI is InChI=1S/C19H19N7O3S3/c27-19(18-15(3-9-31-18)32(28,29)23-10-14-2-1-8-30-14)25-6-4-24(5-7-25)17-12-20-11-16-21-13-22-26(16)17/h1-3,8-9,11-13,23H,4-7,10H2. The quantitative estimate of drug-likeness (QED) is 0.438. The van der Waals surface area contributed by atoms with Gasteiger partial charge in [0.15, 0.2) is 11.5 Å². The lowest BCUT2D eigenvalue weighted by atomic mass is 10.3. The summed E-state index contributed by atoms with van der Waals surface area (Å²) in [6.45, 7) is 2.28. The molecule has 4 aromatic rings. The van der Waals surface area contributed by atoms with Crippen LogP contribution in [-0.4, -0.2) is 65.0 Å². The Kier molecular flexibility index (Phi) is 5.63. The molecule has 0 aromatic carbocycles. The largest absolute Gasteiger partial charge is 0.352 e. The summed E-state index contributed by atoms with van der Waals surface area (Å²) < 4.78 is 30.0. The molecular weight excluding hydrogens is 470 g/mol. The van der Waals surface area contributed by atoms with Gasteiger partial charge < -0.3 is 9.80 Å². The highest BCUT2D eigenvalue weighted by molar-refractivity contribution is 7.89. The molecular formula is C19H19N7O3S3. The summed E-state index contributed by atoms with van der Waals surface area (Å²) in [5.74, 6) is 0.539. The molecule has 1 fully saturated rings. The van der Waals surface area contributed by atoms with Gasteiger partial charge in [-0.15, -0.1) is 22.7 Å². The first-order valence-corrected chi connectivity index (χ1v) is 13.0. The first-order chi connectivity index (χ1) is 15.5. The maximum Gasteiger partial charge on any atom is 0.265 e. The number of piperazine rings is 1. The van der Waals surface area contributed by atoms with E-state index in [-0.39, 0.29) is 22.2 Å². The van der Waals surface area contributed by atoms with Crippen molar-refractivity contribution < 1.29 is 13.2 Å². The normalized spacial score (nSPS) is 14.9. The zero-order chi connectivity index (χ0) is 22.1. The Labute approximate surface area is 192 Å². The number of fused-ring (bicyclic) bond motifs is 1. The third kappa shape index (κ3) is 3.99. The Bertz CT molecular complexity index is 1340. The highest BCUT2D eigenvalue weighted by Gasteiger charge is 2.29. The molecule has 1 aliphatic rings. The molecule has 166 valence electrons. The topological polar surface area (TPSA) is 113 Å². The van der Waals surface area contributed by atoms with Crippen molar-refractivity contribution in [1.29, 1.82) is 0 Å². The van der Waals surface area contributed by atoms with Crippen molar-refractivity contribution in [2.24, 2.45) is 0 Å². The van der Waals surface area contributed by atoms with E-state index in [1.807, 2.05) is 17.5 Å². The molecule has 1 saturated heterocycles. The molecule has 0 unspecified atom stereocenters. The Morgan fingerprint density at radius 2 is 1.94 bits per heavy atom. The monoisotopic (exact) mass is 489 g/mol. The molecule has 0 radical (unpaired) electrons. The summed E-state index contributed by atoms with van der Waals surface area (Å²) >= 11 is 2.62. The van der Waals surface area contributed by atoms with Gasteiger partial charge in [0.25, 0.3) is 5.91 Å². The Morgan fingerprint density at radius 1 is 1.09 bits per heavy atom. The number of anilines is 1. The fourth-order valence-corrected chi connectivity index (χ4v) is 6.69. The molecule has 1 N–H and O–H groups in total. The van der Waals surface area contributed by atoms with E-state index >= 15 is 0 Å². The summed E-state index contributed by atoms with van der Waals surface area (Å²) in [6, 6.07) is 5.22. The van der Waals surface area contributed by atoms with Gasteiger partial charge in [-0.1, -0.05) is 6.07 Å². The second-order valence-electron chi connectivity index (χ2n) is 7.09. The van der Waals surface area contributed by atoms with Gasteiger partial charge in [0.2, 0.25) is 10.0 Å². The lowest BCUT2D eigenvalue weighted by Crippen LogP contribution is -2.49. The molecule has 0 saturated carbocycles. The molecule has 0 spiro atoms. The molecule has 32 heavy (non-hydrogen) atoms. The zero-order valence-corrected chi connectivity index (χ0v) is 19.2. The number of hydrogen-bond donors (Lipinski definition) is 1. The molecule has 1 amide bonds. The van der Waals surface area contributed by atoms with Crippen molar-refractivity contribution in [3.8, 4) is 0 Å². The maximum atomic E-state index is 13.2. The summed E-state index contributed by atoms with van der Waals surface area (Å²) in [5.41, 5.74) is 0.657. The number of hydrogen-bond acceptors (Lipinski definition) is 9. The number of carbonyl (C=O) groups is 1. The Balaban J connectivity index is 1.28. The van der Waals surface area contributed by atoms with E-state index in [4.69, 9.17) is 0 Å². The van der Waals surface area contributed by atoms with E-state index in [1.165, 1.54) is 23.7 Å². The SMILES string of the molecule is O=C(c1sccc1S(=O)(=O)NCc1cccs1)N1CCN(c2cncc3ncnn23)CC1. The van der Waals surface area contributed by atoms with Crippen LogP contribution < -0.4 is 9.62 Å². The number of nitrogens with zero attached hydrogens (tertiary/aromatic N) is 6. The van der Waals surface area contributed by atoms with E-state index in [2.05, 4.69) is 24.7 Å². The van der Waals surface area contributed by atoms with Crippen LogP contribution in [-0.2, 0) is 16.6 Å². The number of sulfonamides is 1. The summed E-state index contributed by atoms with van der Waals surface area (Å²) in [5, 5.41) is 7.77. The molecule has 1 aliphatic heterocycles. The van der Waals surface area contributed by atoms with Crippen molar-refractivity contribution >= 4 is 50.1 Å². The van der Waals surface area contributed by atoms with Crippen LogP contribution in [0.4, 0.5) is 5.82 Å². The van der Waals surface area contributed by atoms with Crippen molar-refractivity contribution in [3.63, 3.8) is 0 Å². The molecule has 0 atom stereocenters. The minimum Gasteiger partial charge on any atom is -0.352 e. The van der Waals surface area contributed by atoms with E-state index in [9.17, 15) is 13.2 Å². The number of amides is 1. The minimum atomic E-state index is -3.80. The van der Waals surface area contributed by atoms with Crippen LogP contribution in [0, 0.1) is 0 Å². The first-order valence-electron chi connectivity index (χ1n) is 9.80. The zero-order valence-electron chi connectivity index (χ0n) is 16.8. The van der Waals surface area contributed by atoms with Gasteiger partial charge in [0.05, 0.1) is 12.4 Å². The van der Waals surface area contributed by atoms with Crippen LogP contribution in [0.15, 0.2) is 52.6 Å². The van der Waals surface area contributed by atoms with Crippen LogP contribution in [0.3, 0.4) is 0 Å². The second kappa shape index (κ2) is 8.58. The molecule has 0 aliphatic carbocycles. The van der Waals surface area contributed by atoms with Crippen LogP contribution in [0.25, 0.3) is 5.65 Å². The first kappa shape index (κ1) is 21.0. The van der Waals surface area contributed by atoms with Gasteiger partial charge in [0, 0.05) is 37.6 Å². The second-order valence-corrected chi connectivity index (χ2v) is 10.8. The molecule has 5 rings (SSSR count). The van der Waals surface area contributed by atoms with Crippen LogP contribution >= 0.6 is 22.7 Å². The number of thiophene rings is 2. The Morgan fingerprint density at radius 3 is 2.72 bits per heavy atom. The van der Waals surface area contributed by atoms with Gasteiger partial charge in [-0.2, -0.15) is 9.61 Å². The van der Waals surface area contributed by atoms with Crippen molar-refractivity contribution in [2.75, 3.05) is 31.1 Å². The highest BCUT2D eigenvalue weighted by atomic mass is 32.2. The number of rotatable bonds is 6. The summed E-state index contributed by atoms with van der Waals surface area (Å²) in [4.78, 5) is 26.5. The average Bonchev–Trinajstić information content (AvgIpc) is 3.58. The third-order valence-electron chi connectivity index (χ3n) is 5.19. The van der Waals surface area contributed by atoms with E-state index in [1.54, 1.807) is 27.2 Å². The Hall–Kier alpha value is -2.87. The van der Waals surface area contributed by atoms with Gasteiger partial charge in [-0.3, -0.25) is 9.78 Å². The van der Waals surface area contributed by atoms with Gasteiger partial charge >= 0.3 is 0 Å². The van der Waals surface area contributed by atoms with Crippen molar-refractivity contribution in [1.82, 2.24) is 29.2 Å². The molecule has 13 heteroatoms. The van der Waals surface area contributed by atoms with Crippen molar-refractivity contribution in [2.45, 2.75) is 11.4 Å². The highest BCUT2D eigenvalue weighted by Crippen LogP contribution is 2.25. The summed E-state index contributed by atoms with van der Waals surface area (Å²) in [7, 11) is -3.80. The third-order valence-corrected chi connectivity index (χ3v) is 8.54. The molecule has 5 heterocycles.